The first-order valence-corrected chi connectivity index (χ1v) is 7.94. The Morgan fingerprint density at radius 3 is 2.61 bits per heavy atom. The van der Waals surface area contributed by atoms with E-state index in [-0.39, 0.29) is 24.9 Å². The third-order valence-electron chi connectivity index (χ3n) is 2.92. The van der Waals surface area contributed by atoms with Crippen LogP contribution in [0.25, 0.3) is 0 Å². The van der Waals surface area contributed by atoms with Gasteiger partial charge >= 0.3 is 0 Å². The molecule has 18 heavy (non-hydrogen) atoms. The van der Waals surface area contributed by atoms with Crippen LogP contribution in [0.1, 0.15) is 26.3 Å². The van der Waals surface area contributed by atoms with Crippen LogP contribution < -0.4 is 4.90 Å². The molecule has 1 saturated heterocycles. The number of aromatic nitrogens is 2. The number of hydrogen-bond donors (Lipinski definition) is 0. The monoisotopic (exact) mass is 291 g/mol. The number of rotatable bonds is 3. The van der Waals surface area contributed by atoms with Gasteiger partial charge in [-0.2, -0.15) is 5.10 Å². The van der Waals surface area contributed by atoms with Crippen LogP contribution in [0.3, 0.4) is 0 Å². The summed E-state index contributed by atoms with van der Waals surface area (Å²) in [5, 5.41) is 3.28. The van der Waals surface area contributed by atoms with Crippen LogP contribution in [0, 0.1) is 0 Å². The summed E-state index contributed by atoms with van der Waals surface area (Å²) >= 11 is 0. The van der Waals surface area contributed by atoms with E-state index in [1.165, 1.54) is 4.90 Å². The zero-order chi connectivity index (χ0) is 13.5. The summed E-state index contributed by atoms with van der Waals surface area (Å²) in [6, 6.07) is 0.184. The lowest BCUT2D eigenvalue weighted by Crippen LogP contribution is -2.26. The number of carbonyl (C=O) groups is 1. The molecule has 2 rings (SSSR count). The molecule has 0 aromatic carbocycles. The van der Waals surface area contributed by atoms with E-state index in [4.69, 9.17) is 10.7 Å². The molecular formula is C10H14ClN3O3S. The van der Waals surface area contributed by atoms with Crippen molar-refractivity contribution in [2.24, 2.45) is 0 Å². The second-order valence-electron chi connectivity index (χ2n) is 4.58. The molecule has 6 nitrogen and oxygen atoms in total. The fourth-order valence-electron chi connectivity index (χ4n) is 1.86. The van der Waals surface area contributed by atoms with Gasteiger partial charge in [-0.05, 0) is 13.8 Å². The Morgan fingerprint density at radius 2 is 2.17 bits per heavy atom. The summed E-state index contributed by atoms with van der Waals surface area (Å²) in [6.45, 7) is 4.03. The second-order valence-corrected chi connectivity index (χ2v) is 7.49. The molecule has 0 bridgehead atoms. The summed E-state index contributed by atoms with van der Waals surface area (Å²) in [5.41, 5.74) is 0.608. The molecule has 1 aromatic rings. The molecule has 0 spiro atoms. The standard InChI is InChI=1S/C10H14ClN3O3S/c1-7(2)14-5-8(4-12-14)13-6-9(3-10(13)15)18(11,16)17/h4-5,7,9H,3,6H2,1-2H3. The molecule has 1 aliphatic rings. The van der Waals surface area contributed by atoms with E-state index in [2.05, 4.69) is 5.10 Å². The molecule has 1 amide bonds. The molecule has 1 fully saturated rings. The molecule has 2 heterocycles. The van der Waals surface area contributed by atoms with Gasteiger partial charge in [0.1, 0.15) is 5.25 Å². The Kier molecular flexibility index (Phi) is 3.37. The quantitative estimate of drug-likeness (QED) is 0.783. The minimum Gasteiger partial charge on any atom is -0.308 e. The fourth-order valence-corrected chi connectivity index (χ4v) is 2.89. The highest BCUT2D eigenvalue weighted by Crippen LogP contribution is 2.26. The first-order chi connectivity index (χ1) is 8.29. The lowest BCUT2D eigenvalue weighted by atomic mass is 10.4. The molecule has 1 unspecified atom stereocenters. The molecule has 0 aliphatic carbocycles. The zero-order valence-electron chi connectivity index (χ0n) is 10.1. The fraction of sp³-hybridized carbons (Fsp3) is 0.600. The van der Waals surface area contributed by atoms with Gasteiger partial charge in [0, 0.05) is 35.9 Å². The highest BCUT2D eigenvalue weighted by Gasteiger charge is 2.38. The normalized spacial score (nSPS) is 21.0. The van der Waals surface area contributed by atoms with E-state index in [9.17, 15) is 13.2 Å². The molecule has 0 radical (unpaired) electrons. The number of hydrogen-bond acceptors (Lipinski definition) is 4. The smallest absolute Gasteiger partial charge is 0.237 e. The summed E-state index contributed by atoms with van der Waals surface area (Å²) < 4.78 is 24.2. The maximum absolute atomic E-state index is 11.8. The topological polar surface area (TPSA) is 72.3 Å². The number of halogens is 1. The average Bonchev–Trinajstić information content (AvgIpc) is 2.81. The maximum Gasteiger partial charge on any atom is 0.237 e. The highest BCUT2D eigenvalue weighted by molar-refractivity contribution is 8.14. The van der Waals surface area contributed by atoms with E-state index in [1.54, 1.807) is 17.1 Å². The van der Waals surface area contributed by atoms with Crippen molar-refractivity contribution in [3.8, 4) is 0 Å². The van der Waals surface area contributed by atoms with Crippen LogP contribution in [-0.2, 0) is 13.8 Å². The number of carbonyl (C=O) groups excluding carboxylic acids is 1. The maximum atomic E-state index is 11.8. The third-order valence-corrected chi connectivity index (χ3v) is 4.78. The first-order valence-electron chi connectivity index (χ1n) is 5.57. The molecule has 1 aromatic heterocycles. The van der Waals surface area contributed by atoms with Crippen LogP contribution in [0.5, 0.6) is 0 Å². The summed E-state index contributed by atoms with van der Waals surface area (Å²) in [5.74, 6) is -0.243. The van der Waals surface area contributed by atoms with Crippen molar-refractivity contribution in [1.29, 1.82) is 0 Å². The Bertz CT molecular complexity index is 567. The third kappa shape index (κ3) is 2.51. The molecule has 1 atom stereocenters. The van der Waals surface area contributed by atoms with Crippen molar-refractivity contribution in [1.82, 2.24) is 9.78 Å². The van der Waals surface area contributed by atoms with E-state index < -0.39 is 14.3 Å². The van der Waals surface area contributed by atoms with Gasteiger partial charge in [0.25, 0.3) is 0 Å². The number of amides is 1. The predicted octanol–water partition coefficient (Wildman–Crippen LogP) is 1.14. The van der Waals surface area contributed by atoms with Crippen molar-refractivity contribution < 1.29 is 13.2 Å². The van der Waals surface area contributed by atoms with Gasteiger partial charge in [0.2, 0.25) is 15.0 Å². The van der Waals surface area contributed by atoms with Crippen LogP contribution in [0.2, 0.25) is 0 Å². The van der Waals surface area contributed by atoms with Gasteiger partial charge in [-0.15, -0.1) is 0 Å². The van der Waals surface area contributed by atoms with Gasteiger partial charge < -0.3 is 4.90 Å². The van der Waals surface area contributed by atoms with Crippen LogP contribution in [0.4, 0.5) is 5.69 Å². The summed E-state index contributed by atoms with van der Waals surface area (Å²) in [4.78, 5) is 13.2. The van der Waals surface area contributed by atoms with Crippen LogP contribution in [0.15, 0.2) is 12.4 Å². The van der Waals surface area contributed by atoms with Gasteiger partial charge in [-0.25, -0.2) is 8.42 Å². The van der Waals surface area contributed by atoms with Gasteiger partial charge in [-0.1, -0.05) is 0 Å². The largest absolute Gasteiger partial charge is 0.308 e. The Labute approximate surface area is 110 Å². The van der Waals surface area contributed by atoms with Gasteiger partial charge in [-0.3, -0.25) is 9.48 Å². The van der Waals surface area contributed by atoms with Crippen molar-refractivity contribution in [3.63, 3.8) is 0 Å². The van der Waals surface area contributed by atoms with E-state index in [1.807, 2.05) is 13.8 Å². The summed E-state index contributed by atoms with van der Waals surface area (Å²) in [7, 11) is 1.58. The second kappa shape index (κ2) is 4.55. The van der Waals surface area contributed by atoms with Crippen molar-refractivity contribution in [2.75, 3.05) is 11.4 Å². The molecule has 8 heteroatoms. The first kappa shape index (κ1) is 13.4. The molecule has 0 saturated carbocycles. The predicted molar refractivity (Wildman–Crippen MR) is 68.1 cm³/mol. The summed E-state index contributed by atoms with van der Waals surface area (Å²) in [6.07, 6.45) is 3.21. The molecule has 100 valence electrons. The van der Waals surface area contributed by atoms with Crippen LogP contribution in [-0.4, -0.2) is 35.9 Å². The highest BCUT2D eigenvalue weighted by atomic mass is 35.7. The average molecular weight is 292 g/mol. The SMILES string of the molecule is CC(C)n1cc(N2CC(S(=O)(=O)Cl)CC2=O)cn1. The Hall–Kier alpha value is -1.08. The lowest BCUT2D eigenvalue weighted by Gasteiger charge is -2.13. The minimum absolute atomic E-state index is 0.0707. The number of anilines is 1. The zero-order valence-corrected chi connectivity index (χ0v) is 11.6. The molecular weight excluding hydrogens is 278 g/mol. The minimum atomic E-state index is -3.70. The van der Waals surface area contributed by atoms with Crippen molar-refractivity contribution >= 4 is 31.3 Å². The Morgan fingerprint density at radius 1 is 1.50 bits per heavy atom. The van der Waals surface area contributed by atoms with E-state index in [0.717, 1.165) is 0 Å². The van der Waals surface area contributed by atoms with Crippen molar-refractivity contribution in [3.05, 3.63) is 12.4 Å². The van der Waals surface area contributed by atoms with Crippen molar-refractivity contribution in [2.45, 2.75) is 31.6 Å². The van der Waals surface area contributed by atoms with Gasteiger partial charge in [0.05, 0.1) is 11.9 Å². The lowest BCUT2D eigenvalue weighted by molar-refractivity contribution is -0.117. The van der Waals surface area contributed by atoms with E-state index >= 15 is 0 Å². The molecule has 0 N–H and O–H groups in total. The van der Waals surface area contributed by atoms with Crippen LogP contribution >= 0.6 is 10.7 Å². The number of nitrogens with zero attached hydrogens (tertiary/aromatic N) is 3. The molecule has 1 aliphatic heterocycles. The van der Waals surface area contributed by atoms with Gasteiger partial charge in [0.15, 0.2) is 0 Å². The van der Waals surface area contributed by atoms with E-state index in [0.29, 0.717) is 5.69 Å². The Balaban J connectivity index is 2.22.